The summed E-state index contributed by atoms with van der Waals surface area (Å²) in [6.07, 6.45) is 0. The first kappa shape index (κ1) is 14.8. The largest absolute Gasteiger partial charge is 0.324 e. The van der Waals surface area contributed by atoms with Gasteiger partial charge in [0.25, 0.3) is 0 Å². The van der Waals surface area contributed by atoms with E-state index in [2.05, 4.69) is 15.5 Å². The topological polar surface area (TPSA) is 85.8 Å². The minimum atomic E-state index is -0.152. The standard InChI is InChI=1S/C12H14ClN5OS/c1-18-10(6-14)16-17-12(18)20-7-11(19)15-9-5-3-2-4-8(9)13/h2-5H,6-7,14H2,1H3,(H,15,19). The van der Waals surface area contributed by atoms with Crippen LogP contribution < -0.4 is 11.1 Å². The molecule has 2 rings (SSSR count). The molecule has 8 heteroatoms. The minimum Gasteiger partial charge on any atom is -0.324 e. The summed E-state index contributed by atoms with van der Waals surface area (Å²) >= 11 is 7.27. The summed E-state index contributed by atoms with van der Waals surface area (Å²) in [5.74, 6) is 0.751. The van der Waals surface area contributed by atoms with Crippen LogP contribution in [0.4, 0.5) is 5.69 Å². The van der Waals surface area contributed by atoms with Gasteiger partial charge in [0.2, 0.25) is 5.91 Å². The number of thioether (sulfide) groups is 1. The van der Waals surface area contributed by atoms with E-state index in [9.17, 15) is 4.79 Å². The number of anilines is 1. The van der Waals surface area contributed by atoms with E-state index in [-0.39, 0.29) is 11.7 Å². The third-order valence-electron chi connectivity index (χ3n) is 2.59. The number of nitrogens with zero attached hydrogens (tertiary/aromatic N) is 3. The van der Waals surface area contributed by atoms with Crippen LogP contribution in [0.5, 0.6) is 0 Å². The van der Waals surface area contributed by atoms with Crippen LogP contribution in [-0.4, -0.2) is 26.4 Å². The second-order valence-corrected chi connectivity index (χ2v) is 5.33. The molecule has 1 amide bonds. The van der Waals surface area contributed by atoms with Gasteiger partial charge in [0.15, 0.2) is 5.16 Å². The lowest BCUT2D eigenvalue weighted by Gasteiger charge is -2.06. The van der Waals surface area contributed by atoms with Gasteiger partial charge in [-0.05, 0) is 12.1 Å². The van der Waals surface area contributed by atoms with Crippen LogP contribution in [0.25, 0.3) is 0 Å². The smallest absolute Gasteiger partial charge is 0.234 e. The van der Waals surface area contributed by atoms with Crippen molar-refractivity contribution in [3.05, 3.63) is 35.1 Å². The van der Waals surface area contributed by atoms with Gasteiger partial charge in [-0.1, -0.05) is 35.5 Å². The highest BCUT2D eigenvalue weighted by Gasteiger charge is 2.11. The number of carbonyl (C=O) groups excluding carboxylic acids is 1. The highest BCUT2D eigenvalue weighted by Crippen LogP contribution is 2.21. The zero-order valence-electron chi connectivity index (χ0n) is 10.8. The Bertz CT molecular complexity index is 616. The van der Waals surface area contributed by atoms with E-state index in [0.717, 1.165) is 0 Å². The van der Waals surface area contributed by atoms with Crippen molar-refractivity contribution >= 4 is 35.0 Å². The number of benzene rings is 1. The van der Waals surface area contributed by atoms with E-state index in [1.807, 2.05) is 13.1 Å². The summed E-state index contributed by atoms with van der Waals surface area (Å²) in [6, 6.07) is 7.09. The Labute approximate surface area is 125 Å². The predicted octanol–water partition coefficient (Wildman–Crippen LogP) is 1.66. The van der Waals surface area contributed by atoms with Crippen molar-refractivity contribution in [2.75, 3.05) is 11.1 Å². The monoisotopic (exact) mass is 311 g/mol. The molecular weight excluding hydrogens is 298 g/mol. The third-order valence-corrected chi connectivity index (χ3v) is 3.94. The summed E-state index contributed by atoms with van der Waals surface area (Å²) in [5.41, 5.74) is 6.11. The van der Waals surface area contributed by atoms with E-state index in [1.165, 1.54) is 11.8 Å². The molecule has 3 N–H and O–H groups in total. The van der Waals surface area contributed by atoms with E-state index in [4.69, 9.17) is 17.3 Å². The van der Waals surface area contributed by atoms with Crippen LogP contribution in [0, 0.1) is 0 Å². The predicted molar refractivity (Wildman–Crippen MR) is 79.7 cm³/mol. The summed E-state index contributed by atoms with van der Waals surface area (Å²) < 4.78 is 1.77. The molecule has 0 spiro atoms. The maximum absolute atomic E-state index is 11.9. The Kier molecular flexibility index (Phi) is 4.99. The average molecular weight is 312 g/mol. The van der Waals surface area contributed by atoms with Gasteiger partial charge >= 0.3 is 0 Å². The van der Waals surface area contributed by atoms with E-state index < -0.39 is 0 Å². The molecule has 0 bridgehead atoms. The van der Waals surface area contributed by atoms with Crippen molar-refractivity contribution < 1.29 is 4.79 Å². The minimum absolute atomic E-state index is 0.152. The number of rotatable bonds is 5. The fraction of sp³-hybridized carbons (Fsp3) is 0.250. The second kappa shape index (κ2) is 6.74. The number of hydrogen-bond acceptors (Lipinski definition) is 5. The van der Waals surface area contributed by atoms with Crippen LogP contribution in [0.1, 0.15) is 5.82 Å². The molecule has 0 fully saturated rings. The lowest BCUT2D eigenvalue weighted by Crippen LogP contribution is -2.15. The Morgan fingerprint density at radius 3 is 2.85 bits per heavy atom. The molecule has 0 saturated heterocycles. The number of nitrogens with two attached hydrogens (primary N) is 1. The second-order valence-electron chi connectivity index (χ2n) is 3.98. The van der Waals surface area contributed by atoms with Gasteiger partial charge in [-0.15, -0.1) is 10.2 Å². The molecule has 0 unspecified atom stereocenters. The molecule has 1 aromatic heterocycles. The molecule has 0 saturated carbocycles. The Morgan fingerprint density at radius 1 is 1.45 bits per heavy atom. The molecule has 2 aromatic rings. The van der Waals surface area contributed by atoms with Gasteiger partial charge in [0, 0.05) is 7.05 Å². The summed E-state index contributed by atoms with van der Waals surface area (Å²) in [4.78, 5) is 11.9. The first-order valence-electron chi connectivity index (χ1n) is 5.87. The number of carbonyl (C=O) groups is 1. The number of hydrogen-bond donors (Lipinski definition) is 2. The summed E-state index contributed by atoms with van der Waals surface area (Å²) in [6.45, 7) is 0.315. The maximum atomic E-state index is 11.9. The Morgan fingerprint density at radius 2 is 2.20 bits per heavy atom. The SMILES string of the molecule is Cn1c(CN)nnc1SCC(=O)Nc1ccccc1Cl. The number of halogens is 1. The van der Waals surface area contributed by atoms with Crippen molar-refractivity contribution in [2.24, 2.45) is 12.8 Å². The van der Waals surface area contributed by atoms with Crippen LogP contribution in [-0.2, 0) is 18.4 Å². The van der Waals surface area contributed by atoms with Crippen LogP contribution in [0.15, 0.2) is 29.4 Å². The third kappa shape index (κ3) is 3.50. The van der Waals surface area contributed by atoms with E-state index in [0.29, 0.717) is 28.2 Å². The molecule has 1 aromatic carbocycles. The zero-order chi connectivity index (χ0) is 14.5. The molecule has 0 aliphatic carbocycles. The van der Waals surface area contributed by atoms with Crippen molar-refractivity contribution in [1.29, 1.82) is 0 Å². The molecule has 0 radical (unpaired) electrons. The fourth-order valence-electron chi connectivity index (χ4n) is 1.53. The molecule has 1 heterocycles. The fourth-order valence-corrected chi connectivity index (χ4v) is 2.44. The summed E-state index contributed by atoms with van der Waals surface area (Å²) in [5, 5.41) is 11.8. The number of aromatic nitrogens is 3. The molecule has 106 valence electrons. The van der Waals surface area contributed by atoms with Crippen LogP contribution in [0.2, 0.25) is 5.02 Å². The van der Waals surface area contributed by atoms with Crippen molar-refractivity contribution in [2.45, 2.75) is 11.7 Å². The zero-order valence-corrected chi connectivity index (χ0v) is 12.4. The van der Waals surface area contributed by atoms with Crippen LogP contribution in [0.3, 0.4) is 0 Å². The number of amides is 1. The molecule has 6 nitrogen and oxygen atoms in total. The van der Waals surface area contributed by atoms with E-state index in [1.54, 1.807) is 22.8 Å². The van der Waals surface area contributed by atoms with Gasteiger partial charge in [-0.25, -0.2) is 0 Å². The number of nitrogens with one attached hydrogen (secondary N) is 1. The van der Waals surface area contributed by atoms with Gasteiger partial charge < -0.3 is 15.6 Å². The van der Waals surface area contributed by atoms with Gasteiger partial charge in [-0.2, -0.15) is 0 Å². The molecule has 20 heavy (non-hydrogen) atoms. The van der Waals surface area contributed by atoms with Gasteiger partial charge in [0.1, 0.15) is 5.82 Å². The van der Waals surface area contributed by atoms with Gasteiger partial charge in [0.05, 0.1) is 23.0 Å². The lowest BCUT2D eigenvalue weighted by molar-refractivity contribution is -0.113. The maximum Gasteiger partial charge on any atom is 0.234 e. The van der Waals surface area contributed by atoms with Crippen molar-refractivity contribution in [3.63, 3.8) is 0 Å². The highest BCUT2D eigenvalue weighted by atomic mass is 35.5. The van der Waals surface area contributed by atoms with Crippen molar-refractivity contribution in [3.8, 4) is 0 Å². The molecule has 0 atom stereocenters. The van der Waals surface area contributed by atoms with E-state index >= 15 is 0 Å². The lowest BCUT2D eigenvalue weighted by atomic mass is 10.3. The average Bonchev–Trinajstić information content (AvgIpc) is 2.79. The Hall–Kier alpha value is -1.57. The Balaban J connectivity index is 1.92. The molecule has 0 aliphatic heterocycles. The first-order chi connectivity index (χ1) is 9.61. The van der Waals surface area contributed by atoms with Crippen LogP contribution >= 0.6 is 23.4 Å². The van der Waals surface area contributed by atoms with Crippen molar-refractivity contribution in [1.82, 2.24) is 14.8 Å². The highest BCUT2D eigenvalue weighted by molar-refractivity contribution is 7.99. The molecular formula is C12H14ClN5OS. The molecule has 0 aliphatic rings. The normalized spacial score (nSPS) is 10.6. The summed E-state index contributed by atoms with van der Waals surface area (Å²) in [7, 11) is 1.82. The van der Waals surface area contributed by atoms with Gasteiger partial charge in [-0.3, -0.25) is 4.79 Å². The quantitative estimate of drug-likeness (QED) is 0.820. The first-order valence-corrected chi connectivity index (χ1v) is 7.23. The number of para-hydroxylation sites is 1.